The maximum atomic E-state index is 12.8. The lowest BCUT2D eigenvalue weighted by Crippen LogP contribution is -2.45. The van der Waals surface area contributed by atoms with E-state index in [0.717, 1.165) is 45.9 Å². The van der Waals surface area contributed by atoms with Crippen molar-refractivity contribution in [3.63, 3.8) is 0 Å². The van der Waals surface area contributed by atoms with Gasteiger partial charge in [-0.25, -0.2) is 4.68 Å². The third-order valence-electron chi connectivity index (χ3n) is 7.27. The first-order valence-electron chi connectivity index (χ1n) is 14.6. The maximum Gasteiger partial charge on any atom is 0.240 e. The largest absolute Gasteiger partial charge is 0.489 e. The lowest BCUT2D eigenvalue weighted by Gasteiger charge is -2.16. The average Bonchev–Trinajstić information content (AvgIpc) is 3.49. The summed E-state index contributed by atoms with van der Waals surface area (Å²) in [6.07, 6.45) is 6.02. The Morgan fingerprint density at radius 1 is 0.889 bits per heavy atom. The first-order chi connectivity index (χ1) is 21.9. The molecule has 2 heterocycles. The van der Waals surface area contributed by atoms with Crippen LogP contribution in [0.2, 0.25) is 10.0 Å². The molecule has 0 saturated carbocycles. The normalized spacial score (nSPS) is 11.6. The van der Waals surface area contributed by atoms with Gasteiger partial charge in [-0.2, -0.15) is 5.10 Å². The predicted molar refractivity (Wildman–Crippen MR) is 176 cm³/mol. The lowest BCUT2D eigenvalue weighted by molar-refractivity contribution is -0.127. The number of aryl methyl sites for hydroxylation is 1. The molecule has 1 unspecified atom stereocenters. The Hall–Kier alpha value is -4.66. The number of hydrogen-bond donors (Lipinski definition) is 2. The molecule has 0 bridgehead atoms. The molecule has 0 aliphatic heterocycles. The maximum absolute atomic E-state index is 12.8. The molecule has 3 aromatic carbocycles. The molecule has 2 amide bonds. The summed E-state index contributed by atoms with van der Waals surface area (Å²) >= 11 is 12.4. The van der Waals surface area contributed by atoms with Crippen LogP contribution in [-0.2, 0) is 29.0 Å². The Kier molecular flexibility index (Phi) is 10.8. The molecule has 0 aliphatic carbocycles. The van der Waals surface area contributed by atoms with Crippen molar-refractivity contribution in [1.82, 2.24) is 20.1 Å². The van der Waals surface area contributed by atoms with Crippen LogP contribution in [0.25, 0.3) is 16.9 Å². The highest BCUT2D eigenvalue weighted by Crippen LogP contribution is 2.27. The minimum atomic E-state index is -0.813. The summed E-state index contributed by atoms with van der Waals surface area (Å²) in [6.45, 7) is 0.462. The van der Waals surface area contributed by atoms with Crippen molar-refractivity contribution in [1.29, 1.82) is 0 Å². The zero-order chi connectivity index (χ0) is 31.6. The Morgan fingerprint density at radius 3 is 2.40 bits per heavy atom. The molecule has 1 atom stereocenters. The molecule has 5 rings (SSSR count). The van der Waals surface area contributed by atoms with Crippen molar-refractivity contribution in [2.75, 3.05) is 0 Å². The third kappa shape index (κ3) is 8.94. The number of hydrogen-bond acceptors (Lipinski definition) is 5. The fourth-order valence-corrected chi connectivity index (χ4v) is 5.17. The Bertz CT molecular complexity index is 1730. The summed E-state index contributed by atoms with van der Waals surface area (Å²) in [5.41, 5.74) is 11.0. The van der Waals surface area contributed by atoms with Crippen LogP contribution >= 0.6 is 23.2 Å². The number of unbranched alkanes of at least 4 members (excludes halogenated alkanes) is 1. The molecule has 0 spiro atoms. The summed E-state index contributed by atoms with van der Waals surface area (Å²) in [7, 11) is 0. The molecule has 0 radical (unpaired) electrons. The smallest absolute Gasteiger partial charge is 0.240 e. The molecule has 0 aliphatic rings. The summed E-state index contributed by atoms with van der Waals surface area (Å²) in [4.78, 5) is 29.2. The highest BCUT2D eigenvalue weighted by molar-refractivity contribution is 6.42. The van der Waals surface area contributed by atoms with E-state index in [1.165, 1.54) is 0 Å². The summed E-state index contributed by atoms with van der Waals surface area (Å²) in [5, 5.41) is 8.50. The number of ether oxygens (including phenoxy) is 1. The first kappa shape index (κ1) is 31.8. The molecule has 45 heavy (non-hydrogen) atoms. The van der Waals surface area contributed by atoms with Crippen molar-refractivity contribution >= 4 is 35.0 Å². The Morgan fingerprint density at radius 2 is 1.69 bits per heavy atom. The number of halogens is 2. The van der Waals surface area contributed by atoms with Gasteiger partial charge in [0.25, 0.3) is 0 Å². The van der Waals surface area contributed by atoms with Crippen LogP contribution in [0.4, 0.5) is 0 Å². The molecule has 8 nitrogen and oxygen atoms in total. The molecular weight excluding hydrogens is 609 g/mol. The lowest BCUT2D eigenvalue weighted by atomic mass is 10.0. The number of nitrogens with two attached hydrogens (primary N) is 1. The molecule has 230 valence electrons. The van der Waals surface area contributed by atoms with E-state index >= 15 is 0 Å². The second kappa shape index (κ2) is 15.4. The van der Waals surface area contributed by atoms with Gasteiger partial charge in [0.1, 0.15) is 18.4 Å². The fourth-order valence-electron chi connectivity index (χ4n) is 4.87. The Balaban J connectivity index is 1.14. The number of pyridine rings is 1. The van der Waals surface area contributed by atoms with Crippen molar-refractivity contribution < 1.29 is 14.3 Å². The predicted octanol–water partition coefficient (Wildman–Crippen LogP) is 6.75. The second-order valence-corrected chi connectivity index (χ2v) is 11.4. The number of nitrogens with one attached hydrogen (secondary N) is 1. The average molecular weight is 643 g/mol. The summed E-state index contributed by atoms with van der Waals surface area (Å²) in [5.74, 6) is -0.0906. The molecule has 0 saturated heterocycles. The number of amides is 2. The number of aromatic nitrogens is 3. The van der Waals surface area contributed by atoms with Crippen LogP contribution in [0.5, 0.6) is 5.75 Å². The van der Waals surface area contributed by atoms with Crippen LogP contribution in [0.3, 0.4) is 0 Å². The zero-order valence-electron chi connectivity index (χ0n) is 24.5. The number of rotatable bonds is 14. The third-order valence-corrected chi connectivity index (χ3v) is 8.00. The van der Waals surface area contributed by atoms with Crippen molar-refractivity contribution in [2.24, 2.45) is 5.73 Å². The van der Waals surface area contributed by atoms with Gasteiger partial charge in [0.05, 0.1) is 21.4 Å². The van der Waals surface area contributed by atoms with Crippen LogP contribution in [-0.4, -0.2) is 32.6 Å². The minimum Gasteiger partial charge on any atom is -0.489 e. The van der Waals surface area contributed by atoms with E-state index < -0.39 is 11.9 Å². The standard InChI is InChI=1S/C35H33Cl2N5O3/c36-30-17-14-28(20-31(30)37)42-27(21-32(41-42)26-9-6-18-39-22-26)10-4-5-11-34(43)40-33(35(38)44)19-24-12-15-29(16-13-24)45-23-25-7-2-1-3-8-25/h1-3,6-9,12-18,20-22,33H,4-5,10-11,19,23H2,(H2,38,44)(H,40,43). The van der Waals surface area contributed by atoms with E-state index in [9.17, 15) is 9.59 Å². The van der Waals surface area contributed by atoms with Gasteiger partial charge in [-0.15, -0.1) is 0 Å². The second-order valence-electron chi connectivity index (χ2n) is 10.6. The number of primary amides is 1. The number of carbonyl (C=O) groups excluding carboxylic acids is 2. The van der Waals surface area contributed by atoms with Gasteiger partial charge in [0, 0.05) is 36.5 Å². The zero-order valence-corrected chi connectivity index (χ0v) is 26.0. The van der Waals surface area contributed by atoms with E-state index in [1.54, 1.807) is 24.5 Å². The van der Waals surface area contributed by atoms with Gasteiger partial charge in [0.2, 0.25) is 11.8 Å². The van der Waals surface area contributed by atoms with Crippen molar-refractivity contribution in [3.05, 3.63) is 130 Å². The van der Waals surface area contributed by atoms with Crippen LogP contribution in [0.1, 0.15) is 36.1 Å². The first-order valence-corrected chi connectivity index (χ1v) is 15.4. The molecule has 0 fully saturated rings. The van der Waals surface area contributed by atoms with Crippen LogP contribution < -0.4 is 15.8 Å². The number of carbonyl (C=O) groups is 2. The van der Waals surface area contributed by atoms with Gasteiger partial charge in [-0.3, -0.25) is 14.6 Å². The van der Waals surface area contributed by atoms with Crippen LogP contribution in [0, 0.1) is 0 Å². The quantitative estimate of drug-likeness (QED) is 0.130. The Labute approximate surface area is 272 Å². The fraction of sp³-hybridized carbons (Fsp3) is 0.200. The van der Waals surface area contributed by atoms with E-state index in [2.05, 4.69) is 10.3 Å². The number of benzene rings is 3. The topological polar surface area (TPSA) is 112 Å². The minimum absolute atomic E-state index is 0.226. The molecule has 10 heteroatoms. The van der Waals surface area contributed by atoms with E-state index in [-0.39, 0.29) is 12.3 Å². The molecular formula is C35H33Cl2N5O3. The highest BCUT2D eigenvalue weighted by Gasteiger charge is 2.19. The van der Waals surface area contributed by atoms with Crippen LogP contribution in [0.15, 0.2) is 103 Å². The molecule has 5 aromatic rings. The van der Waals surface area contributed by atoms with Gasteiger partial charge in [-0.1, -0.05) is 65.7 Å². The van der Waals surface area contributed by atoms with Gasteiger partial charge < -0.3 is 15.8 Å². The van der Waals surface area contributed by atoms with Crippen molar-refractivity contribution in [2.45, 2.75) is 44.8 Å². The van der Waals surface area contributed by atoms with E-state index in [4.69, 9.17) is 38.8 Å². The monoisotopic (exact) mass is 641 g/mol. The van der Waals surface area contributed by atoms with Crippen molar-refractivity contribution in [3.8, 4) is 22.7 Å². The summed E-state index contributed by atoms with van der Waals surface area (Å²) in [6, 6.07) is 27.7. The SMILES string of the molecule is NC(=O)C(Cc1ccc(OCc2ccccc2)cc1)NC(=O)CCCCc1cc(-c2cccnc2)nn1-c1ccc(Cl)c(Cl)c1. The van der Waals surface area contributed by atoms with E-state index in [1.807, 2.05) is 83.5 Å². The van der Waals surface area contributed by atoms with Gasteiger partial charge in [0.15, 0.2) is 0 Å². The molecule has 3 N–H and O–H groups in total. The van der Waals surface area contributed by atoms with Gasteiger partial charge in [-0.05, 0) is 78.9 Å². The van der Waals surface area contributed by atoms with Gasteiger partial charge >= 0.3 is 0 Å². The number of nitrogens with zero attached hydrogens (tertiary/aromatic N) is 3. The molecule has 2 aromatic heterocycles. The highest BCUT2D eigenvalue weighted by atomic mass is 35.5. The van der Waals surface area contributed by atoms with E-state index in [0.29, 0.717) is 35.9 Å². The summed E-state index contributed by atoms with van der Waals surface area (Å²) < 4.78 is 7.68.